The van der Waals surface area contributed by atoms with Gasteiger partial charge in [0.1, 0.15) is 11.5 Å². The number of benzene rings is 2. The van der Waals surface area contributed by atoms with E-state index >= 15 is 0 Å². The molecule has 0 aliphatic heterocycles. The van der Waals surface area contributed by atoms with Gasteiger partial charge in [0.15, 0.2) is 0 Å². The lowest BCUT2D eigenvalue weighted by atomic mass is 9.94. The molecule has 0 fully saturated rings. The van der Waals surface area contributed by atoms with Gasteiger partial charge in [0, 0.05) is 12.3 Å². The van der Waals surface area contributed by atoms with Gasteiger partial charge in [0.05, 0.1) is 11.1 Å². The number of nitrogens with one attached hydrogen (secondary N) is 4. The van der Waals surface area contributed by atoms with E-state index in [9.17, 15) is 29.4 Å². The number of phenols is 2. The molecule has 0 radical (unpaired) electrons. The Kier molecular flexibility index (Phi) is 19.4. The number of hydrogen-bond acceptors (Lipinski definition) is 6. The van der Waals surface area contributed by atoms with Gasteiger partial charge in [-0.1, -0.05) is 97.1 Å². The molecule has 48 heavy (non-hydrogen) atoms. The van der Waals surface area contributed by atoms with Crippen molar-refractivity contribution in [2.45, 2.75) is 136 Å². The summed E-state index contributed by atoms with van der Waals surface area (Å²) in [5, 5.41) is 20.5. The standard InChI is InChI=1S/C38H58N4O6/c1-4-7-10-13-17-28-22-24-33(43)31(26-28)37(47)41-39-35(45)21-16-15-20-30(19-12-9-6-3)36(46)40-42-38(48)32-27-29(23-25-34(32)44)18-14-11-8-5-2/h22-27,30,43-44H,4-21H2,1-3H3,(H,39,45)(H,40,46)(H,41,47)(H,42,48). The van der Waals surface area contributed by atoms with Gasteiger partial charge < -0.3 is 10.2 Å². The molecule has 1 atom stereocenters. The highest BCUT2D eigenvalue weighted by Crippen LogP contribution is 2.22. The third kappa shape index (κ3) is 15.2. The van der Waals surface area contributed by atoms with E-state index in [1.54, 1.807) is 18.2 Å². The summed E-state index contributed by atoms with van der Waals surface area (Å²) >= 11 is 0. The van der Waals surface area contributed by atoms with Crippen LogP contribution in [0.1, 0.15) is 155 Å². The number of hydrogen-bond donors (Lipinski definition) is 6. The van der Waals surface area contributed by atoms with Crippen LogP contribution in [0.25, 0.3) is 0 Å². The lowest BCUT2D eigenvalue weighted by Crippen LogP contribution is -2.44. The van der Waals surface area contributed by atoms with Crippen LogP contribution in [0, 0.1) is 5.92 Å². The van der Waals surface area contributed by atoms with Crippen LogP contribution in [0.2, 0.25) is 0 Å². The van der Waals surface area contributed by atoms with E-state index in [1.807, 2.05) is 6.07 Å². The Bertz CT molecular complexity index is 1300. The van der Waals surface area contributed by atoms with E-state index < -0.39 is 11.8 Å². The smallest absolute Gasteiger partial charge is 0.273 e. The summed E-state index contributed by atoms with van der Waals surface area (Å²) in [6.07, 6.45) is 15.7. The number of aromatic hydroxyl groups is 2. The lowest BCUT2D eigenvalue weighted by molar-refractivity contribution is -0.126. The zero-order valence-electron chi connectivity index (χ0n) is 29.3. The predicted octanol–water partition coefficient (Wildman–Crippen LogP) is 7.32. The molecule has 1 unspecified atom stereocenters. The molecule has 6 N–H and O–H groups in total. The van der Waals surface area contributed by atoms with Crippen molar-refractivity contribution in [3.8, 4) is 11.5 Å². The highest BCUT2D eigenvalue weighted by molar-refractivity contribution is 5.98. The van der Waals surface area contributed by atoms with Crippen molar-refractivity contribution in [3.63, 3.8) is 0 Å². The number of carbonyl (C=O) groups is 4. The Hall–Kier alpha value is -4.08. The second kappa shape index (κ2) is 23.3. The minimum atomic E-state index is -0.585. The predicted molar refractivity (Wildman–Crippen MR) is 189 cm³/mol. The van der Waals surface area contributed by atoms with Crippen LogP contribution in [-0.2, 0) is 22.4 Å². The molecule has 2 aromatic carbocycles. The van der Waals surface area contributed by atoms with Crippen LogP contribution in [0.3, 0.4) is 0 Å². The van der Waals surface area contributed by atoms with Crippen molar-refractivity contribution in [2.75, 3.05) is 0 Å². The zero-order chi connectivity index (χ0) is 35.1. The number of rotatable bonds is 22. The summed E-state index contributed by atoms with van der Waals surface area (Å²) in [5.41, 5.74) is 12.0. The first kappa shape index (κ1) is 40.1. The molecule has 0 heterocycles. The number of amides is 4. The second-order valence-corrected chi connectivity index (χ2v) is 12.7. The van der Waals surface area contributed by atoms with E-state index in [-0.39, 0.29) is 46.8 Å². The Morgan fingerprint density at radius 1 is 0.562 bits per heavy atom. The Balaban J connectivity index is 1.82. The fourth-order valence-corrected chi connectivity index (χ4v) is 5.62. The quantitative estimate of drug-likeness (QED) is 0.0571. The van der Waals surface area contributed by atoms with Gasteiger partial charge >= 0.3 is 0 Å². The maximum absolute atomic E-state index is 13.1. The first-order valence-electron chi connectivity index (χ1n) is 18.0. The fraction of sp³-hybridized carbons (Fsp3) is 0.579. The molecule has 0 saturated carbocycles. The van der Waals surface area contributed by atoms with E-state index in [0.717, 1.165) is 94.6 Å². The molecule has 0 spiro atoms. The molecule has 0 aromatic heterocycles. The minimum Gasteiger partial charge on any atom is -0.507 e. The van der Waals surface area contributed by atoms with E-state index in [2.05, 4.69) is 42.5 Å². The topological polar surface area (TPSA) is 157 Å². The average molecular weight is 667 g/mol. The Morgan fingerprint density at radius 2 is 1.02 bits per heavy atom. The largest absolute Gasteiger partial charge is 0.507 e. The van der Waals surface area contributed by atoms with Gasteiger partial charge in [-0.2, -0.15) is 0 Å². The third-order valence-corrected chi connectivity index (χ3v) is 8.60. The molecule has 4 amide bonds. The molecule has 0 aliphatic rings. The average Bonchev–Trinajstić information content (AvgIpc) is 3.08. The summed E-state index contributed by atoms with van der Waals surface area (Å²) in [5.74, 6) is -2.48. The molecule has 266 valence electrons. The second-order valence-electron chi connectivity index (χ2n) is 12.7. The van der Waals surface area contributed by atoms with Crippen LogP contribution in [0.4, 0.5) is 0 Å². The van der Waals surface area contributed by atoms with E-state index in [1.165, 1.54) is 12.1 Å². The molecule has 0 aliphatic carbocycles. The molecular weight excluding hydrogens is 608 g/mol. The first-order chi connectivity index (χ1) is 23.2. The van der Waals surface area contributed by atoms with Crippen LogP contribution < -0.4 is 21.7 Å². The minimum absolute atomic E-state index is 0.113. The summed E-state index contributed by atoms with van der Waals surface area (Å²) in [4.78, 5) is 51.0. The Labute approximate surface area is 286 Å². The van der Waals surface area contributed by atoms with Crippen LogP contribution in [-0.4, -0.2) is 33.8 Å². The highest BCUT2D eigenvalue weighted by Gasteiger charge is 2.20. The van der Waals surface area contributed by atoms with Gasteiger partial charge in [0.25, 0.3) is 11.8 Å². The maximum atomic E-state index is 13.1. The number of unbranched alkanes of at least 4 members (excludes halogenated alkanes) is 9. The van der Waals surface area contributed by atoms with Crippen molar-refractivity contribution in [3.05, 3.63) is 58.7 Å². The molecule has 10 nitrogen and oxygen atoms in total. The van der Waals surface area contributed by atoms with Gasteiger partial charge in [-0.25, -0.2) is 0 Å². The number of aryl methyl sites for hydroxylation is 2. The number of phenolic OH excluding ortho intramolecular Hbond substituents is 2. The Morgan fingerprint density at radius 3 is 1.52 bits per heavy atom. The first-order valence-corrected chi connectivity index (χ1v) is 18.0. The van der Waals surface area contributed by atoms with Crippen molar-refractivity contribution in [1.82, 2.24) is 21.7 Å². The van der Waals surface area contributed by atoms with E-state index in [4.69, 9.17) is 0 Å². The van der Waals surface area contributed by atoms with Crippen LogP contribution in [0.15, 0.2) is 36.4 Å². The summed E-state index contributed by atoms with van der Waals surface area (Å²) in [7, 11) is 0. The van der Waals surface area contributed by atoms with E-state index in [0.29, 0.717) is 25.7 Å². The van der Waals surface area contributed by atoms with Crippen LogP contribution >= 0.6 is 0 Å². The SMILES string of the molecule is CCCCCCc1ccc(O)c(C(=O)NNC(=O)CCCCC(CCCCC)C(=O)NNC(=O)c2cc(CCCCCC)ccc2O)c1. The number of carbonyl (C=O) groups excluding carboxylic acids is 4. The van der Waals surface area contributed by atoms with Gasteiger partial charge in [-0.3, -0.25) is 40.9 Å². The molecular formula is C38H58N4O6. The summed E-state index contributed by atoms with van der Waals surface area (Å²) in [6, 6.07) is 9.96. The molecule has 0 bridgehead atoms. The fourth-order valence-electron chi connectivity index (χ4n) is 5.62. The van der Waals surface area contributed by atoms with Crippen molar-refractivity contribution in [2.24, 2.45) is 5.92 Å². The van der Waals surface area contributed by atoms with Crippen molar-refractivity contribution >= 4 is 23.6 Å². The highest BCUT2D eigenvalue weighted by atomic mass is 16.3. The van der Waals surface area contributed by atoms with Crippen LogP contribution in [0.5, 0.6) is 11.5 Å². The lowest BCUT2D eigenvalue weighted by Gasteiger charge is -2.17. The molecule has 2 aromatic rings. The van der Waals surface area contributed by atoms with Crippen molar-refractivity contribution in [1.29, 1.82) is 0 Å². The van der Waals surface area contributed by atoms with Gasteiger partial charge in [0.2, 0.25) is 11.8 Å². The van der Waals surface area contributed by atoms with Gasteiger partial charge in [-0.05, 0) is 80.3 Å². The molecule has 10 heteroatoms. The maximum Gasteiger partial charge on any atom is 0.273 e. The normalized spacial score (nSPS) is 11.5. The molecule has 2 rings (SSSR count). The zero-order valence-corrected chi connectivity index (χ0v) is 29.3. The van der Waals surface area contributed by atoms with Crippen molar-refractivity contribution < 1.29 is 29.4 Å². The summed E-state index contributed by atoms with van der Waals surface area (Å²) < 4.78 is 0. The van der Waals surface area contributed by atoms with Gasteiger partial charge in [-0.15, -0.1) is 0 Å². The number of hydrazine groups is 2. The summed E-state index contributed by atoms with van der Waals surface area (Å²) in [6.45, 7) is 6.39. The molecule has 0 saturated heterocycles. The monoisotopic (exact) mass is 666 g/mol. The third-order valence-electron chi connectivity index (χ3n) is 8.60.